The predicted octanol–water partition coefficient (Wildman–Crippen LogP) is 1.68. The maximum Gasteiger partial charge on any atom is 0.138 e. The van der Waals surface area contributed by atoms with E-state index in [2.05, 4.69) is 17.0 Å². The predicted molar refractivity (Wildman–Crippen MR) is 56.4 cm³/mol. The van der Waals surface area contributed by atoms with Gasteiger partial charge in [-0.05, 0) is 12.3 Å². The lowest BCUT2D eigenvalue weighted by atomic mass is 9.77. The van der Waals surface area contributed by atoms with E-state index in [1.165, 1.54) is 0 Å². The van der Waals surface area contributed by atoms with Crippen molar-refractivity contribution in [3.8, 4) is 0 Å². The number of hydrogen-bond acceptors (Lipinski definition) is 3. The molecule has 2 atom stereocenters. The van der Waals surface area contributed by atoms with E-state index in [4.69, 9.17) is 0 Å². The second kappa shape index (κ2) is 4.13. The number of Topliss-reactive ketones (excluding diaryl/α,β-unsaturated/α-hetero) is 1. The zero-order chi connectivity index (χ0) is 10.8. The summed E-state index contributed by atoms with van der Waals surface area (Å²) in [4.78, 5) is 15.8. The third kappa shape index (κ3) is 1.94. The van der Waals surface area contributed by atoms with Gasteiger partial charge >= 0.3 is 0 Å². The van der Waals surface area contributed by atoms with Crippen molar-refractivity contribution >= 4 is 5.78 Å². The first kappa shape index (κ1) is 10.3. The van der Waals surface area contributed by atoms with E-state index in [-0.39, 0.29) is 5.92 Å². The number of rotatable bonds is 2. The van der Waals surface area contributed by atoms with E-state index in [9.17, 15) is 4.79 Å². The first-order valence-corrected chi connectivity index (χ1v) is 5.58. The van der Waals surface area contributed by atoms with Crippen LogP contribution in [-0.2, 0) is 11.8 Å². The van der Waals surface area contributed by atoms with Gasteiger partial charge in [0.1, 0.15) is 17.9 Å². The Morgan fingerprint density at radius 1 is 1.60 bits per heavy atom. The Labute approximate surface area is 89.7 Å². The fourth-order valence-corrected chi connectivity index (χ4v) is 2.49. The molecule has 1 aromatic heterocycles. The number of nitrogens with zero attached hydrogens (tertiary/aromatic N) is 3. The molecule has 4 nitrogen and oxygen atoms in total. The molecule has 1 fully saturated rings. The highest BCUT2D eigenvalue weighted by molar-refractivity contribution is 5.80. The topological polar surface area (TPSA) is 47.8 Å². The molecule has 0 radical (unpaired) electrons. The highest BCUT2D eigenvalue weighted by atomic mass is 16.1. The molecule has 1 aromatic rings. The van der Waals surface area contributed by atoms with Gasteiger partial charge < -0.3 is 0 Å². The summed E-state index contributed by atoms with van der Waals surface area (Å²) in [6.45, 7) is 2.18. The van der Waals surface area contributed by atoms with E-state index < -0.39 is 0 Å². The van der Waals surface area contributed by atoms with Crippen molar-refractivity contribution in [3.63, 3.8) is 0 Å². The number of ketones is 1. The molecule has 0 saturated heterocycles. The number of hydrogen-bond donors (Lipinski definition) is 0. The van der Waals surface area contributed by atoms with Gasteiger partial charge in [0.2, 0.25) is 0 Å². The molecule has 4 heteroatoms. The van der Waals surface area contributed by atoms with Crippen LogP contribution in [-0.4, -0.2) is 20.5 Å². The Morgan fingerprint density at radius 3 is 3.00 bits per heavy atom. The average Bonchev–Trinajstić information content (AvgIpc) is 2.64. The van der Waals surface area contributed by atoms with E-state index >= 15 is 0 Å². The molecule has 1 aliphatic carbocycles. The number of aryl methyl sites for hydroxylation is 1. The van der Waals surface area contributed by atoms with Crippen LogP contribution in [0.3, 0.4) is 0 Å². The Balaban J connectivity index is 2.24. The van der Waals surface area contributed by atoms with E-state index in [1.807, 2.05) is 7.05 Å². The number of carbonyl (C=O) groups is 1. The standard InChI is InChI=1S/C11H17N3O/c1-3-8-4-5-9(15)6-10(8)11-12-7-13-14(11)2/h7-8,10H,3-6H2,1-2H3. The Hall–Kier alpha value is -1.19. The maximum atomic E-state index is 11.5. The summed E-state index contributed by atoms with van der Waals surface area (Å²) < 4.78 is 1.80. The molecular formula is C11H17N3O. The molecule has 0 amide bonds. The molecule has 15 heavy (non-hydrogen) atoms. The quantitative estimate of drug-likeness (QED) is 0.741. The van der Waals surface area contributed by atoms with Crippen LogP contribution < -0.4 is 0 Å². The second-order valence-electron chi connectivity index (χ2n) is 4.30. The Morgan fingerprint density at radius 2 is 2.40 bits per heavy atom. The molecule has 1 heterocycles. The van der Waals surface area contributed by atoms with Crippen LogP contribution in [0.15, 0.2) is 6.33 Å². The molecule has 2 rings (SSSR count). The molecule has 1 aliphatic rings. The molecule has 1 saturated carbocycles. The summed E-state index contributed by atoms with van der Waals surface area (Å²) in [5.41, 5.74) is 0. The summed E-state index contributed by atoms with van der Waals surface area (Å²) >= 11 is 0. The molecule has 0 N–H and O–H groups in total. The minimum Gasteiger partial charge on any atom is -0.300 e. The molecular weight excluding hydrogens is 190 g/mol. The van der Waals surface area contributed by atoms with Gasteiger partial charge in [-0.1, -0.05) is 13.3 Å². The first-order chi connectivity index (χ1) is 7.22. The molecule has 2 unspecified atom stereocenters. The number of carbonyl (C=O) groups excluding carboxylic acids is 1. The minimum absolute atomic E-state index is 0.281. The van der Waals surface area contributed by atoms with E-state index in [0.717, 1.165) is 25.1 Å². The van der Waals surface area contributed by atoms with Crippen LogP contribution in [0.5, 0.6) is 0 Å². The zero-order valence-electron chi connectivity index (χ0n) is 9.31. The summed E-state index contributed by atoms with van der Waals surface area (Å²) in [5.74, 6) is 2.21. The van der Waals surface area contributed by atoms with Gasteiger partial charge in [-0.3, -0.25) is 9.48 Å². The third-order valence-corrected chi connectivity index (χ3v) is 3.41. The van der Waals surface area contributed by atoms with Crippen molar-refractivity contribution in [1.82, 2.24) is 14.8 Å². The molecule has 0 aliphatic heterocycles. The van der Waals surface area contributed by atoms with Gasteiger partial charge in [-0.15, -0.1) is 0 Å². The van der Waals surface area contributed by atoms with Gasteiger partial charge in [-0.25, -0.2) is 4.98 Å². The Kier molecular flexibility index (Phi) is 2.84. The highest BCUT2D eigenvalue weighted by Crippen LogP contribution is 2.36. The van der Waals surface area contributed by atoms with Crippen LogP contribution in [0, 0.1) is 5.92 Å². The van der Waals surface area contributed by atoms with Crippen LogP contribution in [0.1, 0.15) is 44.3 Å². The fraction of sp³-hybridized carbons (Fsp3) is 0.727. The van der Waals surface area contributed by atoms with Crippen molar-refractivity contribution in [3.05, 3.63) is 12.2 Å². The summed E-state index contributed by atoms with van der Waals surface area (Å²) in [5, 5.41) is 4.08. The lowest BCUT2D eigenvalue weighted by molar-refractivity contribution is -0.121. The SMILES string of the molecule is CCC1CCC(=O)CC1c1ncnn1C. The minimum atomic E-state index is 0.281. The second-order valence-corrected chi connectivity index (χ2v) is 4.30. The lowest BCUT2D eigenvalue weighted by Crippen LogP contribution is -2.25. The van der Waals surface area contributed by atoms with Gasteiger partial charge in [0, 0.05) is 25.8 Å². The maximum absolute atomic E-state index is 11.5. The first-order valence-electron chi connectivity index (χ1n) is 5.58. The van der Waals surface area contributed by atoms with Crippen molar-refractivity contribution in [2.24, 2.45) is 13.0 Å². The number of aromatic nitrogens is 3. The largest absolute Gasteiger partial charge is 0.300 e. The Bertz CT molecular complexity index is 358. The summed E-state index contributed by atoms with van der Waals surface area (Å²) in [6.07, 6.45) is 5.08. The van der Waals surface area contributed by atoms with Crippen molar-refractivity contribution in [2.75, 3.05) is 0 Å². The average molecular weight is 207 g/mol. The van der Waals surface area contributed by atoms with Gasteiger partial charge in [0.25, 0.3) is 0 Å². The van der Waals surface area contributed by atoms with Gasteiger partial charge in [-0.2, -0.15) is 5.10 Å². The van der Waals surface area contributed by atoms with Crippen molar-refractivity contribution in [1.29, 1.82) is 0 Å². The molecule has 0 aromatic carbocycles. The van der Waals surface area contributed by atoms with Crippen LogP contribution >= 0.6 is 0 Å². The van der Waals surface area contributed by atoms with Crippen molar-refractivity contribution < 1.29 is 4.79 Å². The molecule has 0 bridgehead atoms. The fourth-order valence-electron chi connectivity index (χ4n) is 2.49. The van der Waals surface area contributed by atoms with Gasteiger partial charge in [0.05, 0.1) is 0 Å². The van der Waals surface area contributed by atoms with Crippen LogP contribution in [0.2, 0.25) is 0 Å². The highest BCUT2D eigenvalue weighted by Gasteiger charge is 2.31. The van der Waals surface area contributed by atoms with Crippen LogP contribution in [0.4, 0.5) is 0 Å². The zero-order valence-corrected chi connectivity index (χ0v) is 9.31. The van der Waals surface area contributed by atoms with Crippen molar-refractivity contribution in [2.45, 2.75) is 38.5 Å². The van der Waals surface area contributed by atoms with E-state index in [0.29, 0.717) is 18.1 Å². The van der Waals surface area contributed by atoms with E-state index in [1.54, 1.807) is 11.0 Å². The smallest absolute Gasteiger partial charge is 0.138 e. The lowest BCUT2D eigenvalue weighted by Gasteiger charge is -2.28. The van der Waals surface area contributed by atoms with Gasteiger partial charge in [0.15, 0.2) is 0 Å². The summed E-state index contributed by atoms with van der Waals surface area (Å²) in [7, 11) is 1.90. The summed E-state index contributed by atoms with van der Waals surface area (Å²) in [6, 6.07) is 0. The molecule has 0 spiro atoms. The van der Waals surface area contributed by atoms with Crippen LogP contribution in [0.25, 0.3) is 0 Å². The molecule has 82 valence electrons. The third-order valence-electron chi connectivity index (χ3n) is 3.41. The monoisotopic (exact) mass is 207 g/mol. The normalized spacial score (nSPS) is 26.9.